The monoisotopic (exact) mass is 375 g/mol. The third kappa shape index (κ3) is 6.28. The molecule has 2 rings (SSSR count). The highest BCUT2D eigenvalue weighted by molar-refractivity contribution is 7.85. The maximum atomic E-state index is 12.9. The molecule has 140 valence electrons. The predicted octanol–water partition coefficient (Wildman–Crippen LogP) is 3.48. The number of unbranched alkanes of at least 4 members (excludes halogenated alkanes) is 1. The van der Waals surface area contributed by atoms with Crippen LogP contribution in [0, 0.1) is 0 Å². The van der Waals surface area contributed by atoms with E-state index in [4.69, 9.17) is 9.94 Å². The Morgan fingerprint density at radius 2 is 1.81 bits per heavy atom. The van der Waals surface area contributed by atoms with Crippen molar-refractivity contribution in [2.24, 2.45) is 0 Å². The average Bonchev–Trinajstić information content (AvgIpc) is 2.70. The fourth-order valence-corrected chi connectivity index (χ4v) is 4.26. The number of methoxy groups -OCH3 is 1. The van der Waals surface area contributed by atoms with Gasteiger partial charge in [-0.15, -0.1) is 0 Å². The molecule has 0 bridgehead atoms. The molecule has 2 aromatic carbocycles. The molecule has 0 saturated carbocycles. The largest absolute Gasteiger partial charge is 0.497 e. The molecule has 6 heteroatoms. The molecular formula is C20H25NO4S. The summed E-state index contributed by atoms with van der Waals surface area (Å²) in [6.07, 6.45) is 3.45. The van der Waals surface area contributed by atoms with Crippen LogP contribution < -0.4 is 10.2 Å². The first-order valence-corrected chi connectivity index (χ1v) is 9.87. The summed E-state index contributed by atoms with van der Waals surface area (Å²) in [5.41, 5.74) is 2.91. The zero-order valence-electron chi connectivity index (χ0n) is 14.9. The Kier molecular flexibility index (Phi) is 8.31. The van der Waals surface area contributed by atoms with Crippen molar-refractivity contribution < 1.29 is 18.9 Å². The van der Waals surface area contributed by atoms with Gasteiger partial charge in [-0.3, -0.25) is 14.2 Å². The molecule has 0 saturated heterocycles. The lowest BCUT2D eigenvalue weighted by atomic mass is 10.1. The van der Waals surface area contributed by atoms with Gasteiger partial charge in [0.15, 0.2) is 0 Å². The molecule has 0 radical (unpaired) electrons. The van der Waals surface area contributed by atoms with Crippen LogP contribution >= 0.6 is 0 Å². The van der Waals surface area contributed by atoms with E-state index in [0.29, 0.717) is 17.1 Å². The molecule has 0 aliphatic rings. The average molecular weight is 375 g/mol. The smallest absolute Gasteiger partial charge is 0.244 e. The van der Waals surface area contributed by atoms with Gasteiger partial charge >= 0.3 is 0 Å². The molecule has 2 aromatic rings. The Bertz CT molecular complexity index is 704. The highest BCUT2D eigenvalue weighted by atomic mass is 32.2. The van der Waals surface area contributed by atoms with Gasteiger partial charge in [0, 0.05) is 16.6 Å². The Morgan fingerprint density at radius 1 is 1.12 bits per heavy atom. The van der Waals surface area contributed by atoms with Gasteiger partial charge in [-0.1, -0.05) is 36.8 Å². The Morgan fingerprint density at radius 3 is 2.42 bits per heavy atom. The number of ether oxygens (including phenoxy) is 1. The number of hydrogen-bond donors (Lipinski definition) is 2. The Balaban J connectivity index is 1.95. The first-order chi connectivity index (χ1) is 12.6. The topological polar surface area (TPSA) is 75.6 Å². The lowest BCUT2D eigenvalue weighted by Gasteiger charge is -2.16. The number of aryl methyl sites for hydroxylation is 1. The summed E-state index contributed by atoms with van der Waals surface area (Å²) in [6, 6.07) is 17.2. The normalized spacial score (nSPS) is 13.0. The zero-order valence-corrected chi connectivity index (χ0v) is 15.7. The van der Waals surface area contributed by atoms with Crippen LogP contribution in [0.4, 0.5) is 0 Å². The van der Waals surface area contributed by atoms with Crippen LogP contribution in [0.3, 0.4) is 0 Å². The summed E-state index contributed by atoms with van der Waals surface area (Å²) in [7, 11) is 0.247. The van der Waals surface area contributed by atoms with Crippen molar-refractivity contribution >= 4 is 16.7 Å². The molecule has 2 N–H and O–H groups in total. The molecule has 0 spiro atoms. The molecule has 5 nitrogen and oxygen atoms in total. The lowest BCUT2D eigenvalue weighted by molar-refractivity contribution is -0.129. The summed E-state index contributed by atoms with van der Waals surface area (Å²) in [6.45, 7) is 0. The molecule has 26 heavy (non-hydrogen) atoms. The second-order valence-electron chi connectivity index (χ2n) is 6.07. The molecule has 2 unspecified atom stereocenters. The third-order valence-electron chi connectivity index (χ3n) is 4.22. The lowest BCUT2D eigenvalue weighted by Crippen LogP contribution is -2.27. The van der Waals surface area contributed by atoms with Crippen LogP contribution in [0.1, 0.15) is 31.2 Å². The van der Waals surface area contributed by atoms with Gasteiger partial charge in [0.25, 0.3) is 0 Å². The predicted molar refractivity (Wildman–Crippen MR) is 102 cm³/mol. The molecule has 0 aliphatic carbocycles. The van der Waals surface area contributed by atoms with Crippen molar-refractivity contribution in [1.29, 1.82) is 0 Å². The van der Waals surface area contributed by atoms with Gasteiger partial charge in [-0.05, 0) is 49.1 Å². The minimum Gasteiger partial charge on any atom is -0.497 e. The minimum atomic E-state index is -1.33. The number of amides is 1. The van der Waals surface area contributed by atoms with Crippen LogP contribution in [-0.2, 0) is 22.0 Å². The highest BCUT2D eigenvalue weighted by Gasteiger charge is 2.21. The quantitative estimate of drug-likeness (QED) is 0.379. The van der Waals surface area contributed by atoms with Crippen LogP contribution in [0.5, 0.6) is 5.75 Å². The van der Waals surface area contributed by atoms with E-state index in [1.807, 2.05) is 18.2 Å². The summed E-state index contributed by atoms with van der Waals surface area (Å²) < 4.78 is 18.0. The van der Waals surface area contributed by atoms with Gasteiger partial charge in [0.05, 0.1) is 17.9 Å². The summed E-state index contributed by atoms with van der Waals surface area (Å²) >= 11 is 0. The molecule has 2 atom stereocenters. The third-order valence-corrected chi connectivity index (χ3v) is 5.96. The molecule has 0 fully saturated rings. The van der Waals surface area contributed by atoms with Gasteiger partial charge in [0.2, 0.25) is 5.91 Å². The molecular weight excluding hydrogens is 350 g/mol. The van der Waals surface area contributed by atoms with Crippen LogP contribution in [-0.4, -0.2) is 27.7 Å². The van der Waals surface area contributed by atoms with Gasteiger partial charge in [-0.2, -0.15) is 0 Å². The Labute approximate surface area is 156 Å². The minimum absolute atomic E-state index is 0.0283. The van der Waals surface area contributed by atoms with E-state index in [9.17, 15) is 9.00 Å². The van der Waals surface area contributed by atoms with Crippen molar-refractivity contribution in [3.8, 4) is 5.75 Å². The van der Waals surface area contributed by atoms with Crippen LogP contribution in [0.15, 0.2) is 59.5 Å². The SMILES string of the molecule is COc1ccc(S(=O)C(CCCCc2ccccc2)CC(=O)NO)cc1. The fourth-order valence-electron chi connectivity index (χ4n) is 2.79. The number of carbonyl (C=O) groups is 1. The molecule has 1 amide bonds. The van der Waals surface area contributed by atoms with Crippen molar-refractivity contribution in [2.45, 2.75) is 42.2 Å². The first kappa shape index (κ1) is 20.1. The van der Waals surface area contributed by atoms with E-state index in [-0.39, 0.29) is 11.7 Å². The van der Waals surface area contributed by atoms with Crippen molar-refractivity contribution in [3.63, 3.8) is 0 Å². The van der Waals surface area contributed by atoms with Crippen LogP contribution in [0.2, 0.25) is 0 Å². The van der Waals surface area contributed by atoms with E-state index in [0.717, 1.165) is 19.3 Å². The maximum Gasteiger partial charge on any atom is 0.244 e. The first-order valence-electron chi connectivity index (χ1n) is 8.65. The van der Waals surface area contributed by atoms with E-state index in [2.05, 4.69) is 12.1 Å². The summed E-state index contributed by atoms with van der Waals surface area (Å²) in [5.74, 6) is 0.179. The second kappa shape index (κ2) is 10.7. The molecule has 0 heterocycles. The van der Waals surface area contributed by atoms with Gasteiger partial charge in [0.1, 0.15) is 5.75 Å². The second-order valence-corrected chi connectivity index (χ2v) is 7.80. The zero-order chi connectivity index (χ0) is 18.8. The van der Waals surface area contributed by atoms with E-state index < -0.39 is 16.7 Å². The highest BCUT2D eigenvalue weighted by Crippen LogP contribution is 2.22. The van der Waals surface area contributed by atoms with Crippen molar-refractivity contribution in [2.75, 3.05) is 7.11 Å². The van der Waals surface area contributed by atoms with Crippen molar-refractivity contribution in [1.82, 2.24) is 5.48 Å². The molecule has 0 aliphatic heterocycles. The summed E-state index contributed by atoms with van der Waals surface area (Å²) in [5, 5.41) is 8.47. The van der Waals surface area contributed by atoms with Crippen molar-refractivity contribution in [3.05, 3.63) is 60.2 Å². The van der Waals surface area contributed by atoms with Gasteiger partial charge in [-0.25, -0.2) is 5.48 Å². The number of hydroxylamine groups is 1. The number of nitrogens with one attached hydrogen (secondary N) is 1. The van der Waals surface area contributed by atoms with E-state index in [1.54, 1.807) is 36.9 Å². The number of rotatable bonds is 10. The van der Waals surface area contributed by atoms with Gasteiger partial charge < -0.3 is 4.74 Å². The summed E-state index contributed by atoms with van der Waals surface area (Å²) in [4.78, 5) is 12.3. The maximum absolute atomic E-state index is 12.9. The number of carbonyl (C=O) groups excluding carboxylic acids is 1. The Hall–Kier alpha value is -2.18. The van der Waals surface area contributed by atoms with Crippen LogP contribution in [0.25, 0.3) is 0 Å². The van der Waals surface area contributed by atoms with E-state index >= 15 is 0 Å². The fraction of sp³-hybridized carbons (Fsp3) is 0.350. The number of benzene rings is 2. The number of hydrogen-bond acceptors (Lipinski definition) is 4. The van der Waals surface area contributed by atoms with E-state index in [1.165, 1.54) is 5.56 Å². The molecule has 0 aromatic heterocycles. The standard InChI is InChI=1S/C20H25NO4S/c1-25-17-11-13-18(14-12-17)26(24)19(15-20(22)21-23)10-6-5-9-16-7-3-2-4-8-16/h2-4,7-8,11-14,19,23H,5-6,9-10,15H2,1H3,(H,21,22).